The van der Waals surface area contributed by atoms with Crippen LogP contribution in [0.3, 0.4) is 0 Å². The van der Waals surface area contributed by atoms with Crippen molar-refractivity contribution in [2.45, 2.75) is 32.6 Å². The third-order valence-electron chi connectivity index (χ3n) is 5.02. The number of rotatable bonds is 4. The zero-order valence-electron chi connectivity index (χ0n) is 12.9. The van der Waals surface area contributed by atoms with E-state index < -0.39 is 0 Å². The van der Waals surface area contributed by atoms with E-state index in [4.69, 9.17) is 0 Å². The van der Waals surface area contributed by atoms with Crippen LogP contribution >= 0.6 is 0 Å². The van der Waals surface area contributed by atoms with Gasteiger partial charge in [0, 0.05) is 30.5 Å². The van der Waals surface area contributed by atoms with Crippen molar-refractivity contribution >= 4 is 11.7 Å². The summed E-state index contributed by atoms with van der Waals surface area (Å²) < 4.78 is 12.9. The van der Waals surface area contributed by atoms with E-state index in [2.05, 4.69) is 0 Å². The zero-order valence-corrected chi connectivity index (χ0v) is 12.9. The van der Waals surface area contributed by atoms with Crippen molar-refractivity contribution in [2.75, 3.05) is 13.1 Å². The fourth-order valence-electron chi connectivity index (χ4n) is 3.30. The first-order valence-corrected chi connectivity index (χ1v) is 8.15. The van der Waals surface area contributed by atoms with Gasteiger partial charge in [-0.2, -0.15) is 0 Å². The predicted octanol–water partition coefficient (Wildman–Crippen LogP) is 3.29. The molecule has 2 aliphatic rings. The molecule has 0 N–H and O–H groups in total. The van der Waals surface area contributed by atoms with Crippen molar-refractivity contribution in [3.8, 4) is 0 Å². The molecular weight excluding hydrogens is 281 g/mol. The summed E-state index contributed by atoms with van der Waals surface area (Å²) in [5, 5.41) is 0. The largest absolute Gasteiger partial charge is 0.342 e. The van der Waals surface area contributed by atoms with Gasteiger partial charge in [0.1, 0.15) is 5.82 Å². The third-order valence-corrected chi connectivity index (χ3v) is 5.02. The highest BCUT2D eigenvalue weighted by Gasteiger charge is 2.36. The van der Waals surface area contributed by atoms with Gasteiger partial charge in [0.05, 0.1) is 0 Å². The standard InChI is InChI=1S/C18H22FNO2/c1-12(13-2-3-13)18(22)20-10-8-15(9-11-20)17(21)14-4-6-16(19)7-5-14/h4-7,12-13,15H,2-3,8-11H2,1H3/t12-/m1/s1. The number of amides is 1. The van der Waals surface area contributed by atoms with E-state index in [1.165, 1.54) is 25.0 Å². The van der Waals surface area contributed by atoms with Crippen molar-refractivity contribution in [2.24, 2.45) is 17.8 Å². The molecule has 1 saturated carbocycles. The van der Waals surface area contributed by atoms with E-state index in [9.17, 15) is 14.0 Å². The lowest BCUT2D eigenvalue weighted by Crippen LogP contribution is -2.43. The number of nitrogens with zero attached hydrogens (tertiary/aromatic N) is 1. The molecule has 1 atom stereocenters. The Morgan fingerprint density at radius 3 is 2.23 bits per heavy atom. The van der Waals surface area contributed by atoms with Crippen molar-refractivity contribution in [1.82, 2.24) is 4.90 Å². The predicted molar refractivity (Wildman–Crippen MR) is 81.9 cm³/mol. The van der Waals surface area contributed by atoms with E-state index in [1.54, 1.807) is 12.1 Å². The highest BCUT2D eigenvalue weighted by molar-refractivity contribution is 5.98. The summed E-state index contributed by atoms with van der Waals surface area (Å²) in [7, 11) is 0. The quantitative estimate of drug-likeness (QED) is 0.800. The summed E-state index contributed by atoms with van der Waals surface area (Å²) in [5.74, 6) is 0.643. The molecule has 118 valence electrons. The Kier molecular flexibility index (Phi) is 4.27. The molecule has 3 rings (SSSR count). The van der Waals surface area contributed by atoms with Crippen LogP contribution in [-0.2, 0) is 4.79 Å². The van der Waals surface area contributed by atoms with E-state index in [0.29, 0.717) is 37.4 Å². The fourth-order valence-corrected chi connectivity index (χ4v) is 3.30. The van der Waals surface area contributed by atoms with Gasteiger partial charge >= 0.3 is 0 Å². The Labute approximate surface area is 130 Å². The van der Waals surface area contributed by atoms with Crippen LogP contribution in [0.5, 0.6) is 0 Å². The second-order valence-electron chi connectivity index (χ2n) is 6.60. The maximum absolute atomic E-state index is 12.9. The molecule has 22 heavy (non-hydrogen) atoms. The minimum absolute atomic E-state index is 0.0502. The number of halogens is 1. The minimum atomic E-state index is -0.328. The van der Waals surface area contributed by atoms with Crippen LogP contribution in [0.1, 0.15) is 43.0 Å². The van der Waals surface area contributed by atoms with Crippen molar-refractivity contribution in [3.05, 3.63) is 35.6 Å². The molecule has 0 aromatic heterocycles. The first-order chi connectivity index (χ1) is 10.6. The molecule has 4 heteroatoms. The van der Waals surface area contributed by atoms with Gasteiger partial charge in [0.2, 0.25) is 5.91 Å². The molecule has 1 amide bonds. The average molecular weight is 303 g/mol. The summed E-state index contributed by atoms with van der Waals surface area (Å²) >= 11 is 0. The SMILES string of the molecule is C[C@@H](C(=O)N1CCC(C(=O)c2ccc(F)cc2)CC1)C1CC1. The van der Waals surface area contributed by atoms with Gasteiger partial charge < -0.3 is 4.90 Å². The molecule has 1 aromatic rings. The zero-order chi connectivity index (χ0) is 15.7. The van der Waals surface area contributed by atoms with Crippen LogP contribution in [0, 0.1) is 23.6 Å². The van der Waals surface area contributed by atoms with Crippen molar-refractivity contribution in [1.29, 1.82) is 0 Å². The first kappa shape index (κ1) is 15.2. The van der Waals surface area contributed by atoms with Crippen molar-refractivity contribution < 1.29 is 14.0 Å². The molecule has 1 aliphatic heterocycles. The molecule has 0 radical (unpaired) electrons. The summed E-state index contributed by atoms with van der Waals surface area (Å²) in [5.41, 5.74) is 0.567. The van der Waals surface area contributed by atoms with E-state index in [-0.39, 0.29) is 29.3 Å². The minimum Gasteiger partial charge on any atom is -0.342 e. The van der Waals surface area contributed by atoms with Gasteiger partial charge in [-0.3, -0.25) is 9.59 Å². The Hall–Kier alpha value is -1.71. The maximum Gasteiger partial charge on any atom is 0.225 e. The summed E-state index contributed by atoms with van der Waals surface area (Å²) in [6.45, 7) is 3.34. The van der Waals surface area contributed by atoms with Crippen LogP contribution in [0.25, 0.3) is 0 Å². The number of ketones is 1. The maximum atomic E-state index is 12.9. The van der Waals surface area contributed by atoms with Crippen LogP contribution in [0.15, 0.2) is 24.3 Å². The van der Waals surface area contributed by atoms with Crippen LogP contribution in [0.4, 0.5) is 4.39 Å². The van der Waals surface area contributed by atoms with Gasteiger partial charge in [0.15, 0.2) is 5.78 Å². The topological polar surface area (TPSA) is 37.4 Å². The lowest BCUT2D eigenvalue weighted by Gasteiger charge is -2.33. The number of piperidine rings is 1. The number of hydrogen-bond acceptors (Lipinski definition) is 2. The van der Waals surface area contributed by atoms with Crippen molar-refractivity contribution in [3.63, 3.8) is 0 Å². The smallest absolute Gasteiger partial charge is 0.225 e. The molecule has 2 fully saturated rings. The molecule has 0 bridgehead atoms. The molecule has 1 aliphatic carbocycles. The lowest BCUT2D eigenvalue weighted by atomic mass is 9.88. The van der Waals surface area contributed by atoms with Gasteiger partial charge in [-0.1, -0.05) is 6.92 Å². The second kappa shape index (κ2) is 6.19. The first-order valence-electron chi connectivity index (χ1n) is 8.15. The Bertz CT molecular complexity index is 557. The van der Waals surface area contributed by atoms with Gasteiger partial charge in [0.25, 0.3) is 0 Å². The summed E-state index contributed by atoms with van der Waals surface area (Å²) in [6.07, 6.45) is 3.76. The molecular formula is C18H22FNO2. The monoisotopic (exact) mass is 303 g/mol. The van der Waals surface area contributed by atoms with Crippen LogP contribution in [-0.4, -0.2) is 29.7 Å². The number of carbonyl (C=O) groups is 2. The second-order valence-corrected chi connectivity index (χ2v) is 6.60. The normalized spacial score (nSPS) is 20.7. The number of likely N-dealkylation sites (tertiary alicyclic amines) is 1. The van der Waals surface area contributed by atoms with Crippen LogP contribution < -0.4 is 0 Å². The average Bonchev–Trinajstić information content (AvgIpc) is 3.38. The molecule has 1 aromatic carbocycles. The number of hydrogen-bond donors (Lipinski definition) is 0. The van der Waals surface area contributed by atoms with Gasteiger partial charge in [-0.25, -0.2) is 4.39 Å². The molecule has 3 nitrogen and oxygen atoms in total. The lowest BCUT2D eigenvalue weighted by molar-refractivity contribution is -0.136. The van der Waals surface area contributed by atoms with E-state index in [1.807, 2.05) is 11.8 Å². The van der Waals surface area contributed by atoms with Crippen LogP contribution in [0.2, 0.25) is 0 Å². The highest BCUT2D eigenvalue weighted by Crippen LogP contribution is 2.38. The third kappa shape index (κ3) is 3.21. The van der Waals surface area contributed by atoms with E-state index >= 15 is 0 Å². The molecule has 1 heterocycles. The highest BCUT2D eigenvalue weighted by atomic mass is 19.1. The number of carbonyl (C=O) groups excluding carboxylic acids is 2. The molecule has 1 saturated heterocycles. The number of Topliss-reactive ketones (excluding diaryl/α,β-unsaturated/α-hetero) is 1. The van der Waals surface area contributed by atoms with E-state index in [0.717, 1.165) is 0 Å². The molecule has 0 unspecified atom stereocenters. The summed E-state index contributed by atoms with van der Waals surface area (Å²) in [6, 6.07) is 5.74. The summed E-state index contributed by atoms with van der Waals surface area (Å²) in [4.78, 5) is 26.7. The van der Waals surface area contributed by atoms with Gasteiger partial charge in [-0.15, -0.1) is 0 Å². The van der Waals surface area contributed by atoms with Gasteiger partial charge in [-0.05, 0) is 55.9 Å². The Balaban J connectivity index is 1.55. The fraction of sp³-hybridized carbons (Fsp3) is 0.556. The Morgan fingerprint density at radius 1 is 1.09 bits per heavy atom. The molecule has 0 spiro atoms. The Morgan fingerprint density at radius 2 is 1.68 bits per heavy atom. The number of benzene rings is 1.